The van der Waals surface area contributed by atoms with E-state index in [-0.39, 0.29) is 0 Å². The van der Waals surface area contributed by atoms with E-state index >= 15 is 0 Å². The van der Waals surface area contributed by atoms with Gasteiger partial charge in [0.2, 0.25) is 5.95 Å². The lowest BCUT2D eigenvalue weighted by molar-refractivity contribution is 0.483. The van der Waals surface area contributed by atoms with E-state index in [9.17, 15) is 0 Å². The fourth-order valence-corrected chi connectivity index (χ4v) is 2.86. The molecule has 0 saturated heterocycles. The average molecular weight is 382 g/mol. The van der Waals surface area contributed by atoms with Crippen molar-refractivity contribution in [2.24, 2.45) is 0 Å². The molecule has 0 aliphatic heterocycles. The van der Waals surface area contributed by atoms with E-state index in [1.54, 1.807) is 0 Å². The zero-order valence-corrected chi connectivity index (χ0v) is 16.2. The summed E-state index contributed by atoms with van der Waals surface area (Å²) in [5.41, 5.74) is 2.99. The summed E-state index contributed by atoms with van der Waals surface area (Å²) in [6, 6.07) is 29.6. The molecule has 0 unspecified atom stereocenters. The molecule has 0 radical (unpaired) electrons. The predicted molar refractivity (Wildman–Crippen MR) is 117 cm³/mol. The highest BCUT2D eigenvalue weighted by Gasteiger charge is 2.04. The van der Waals surface area contributed by atoms with Crippen LogP contribution in [0.1, 0.15) is 11.3 Å². The average Bonchev–Trinajstić information content (AvgIpc) is 2.75. The predicted octanol–water partition coefficient (Wildman–Crippen LogP) is 5.93. The van der Waals surface area contributed by atoms with Gasteiger partial charge >= 0.3 is 0 Å². The molecule has 0 aliphatic carbocycles. The fraction of sp³-hybridized carbons (Fsp3) is 0.0833. The summed E-state index contributed by atoms with van der Waals surface area (Å²) >= 11 is 0. The Balaban J connectivity index is 1.41. The van der Waals surface area contributed by atoms with Gasteiger partial charge in [-0.05, 0) is 48.9 Å². The molecule has 144 valence electrons. The van der Waals surface area contributed by atoms with Gasteiger partial charge in [0, 0.05) is 24.0 Å². The van der Waals surface area contributed by atoms with Crippen molar-refractivity contribution >= 4 is 17.5 Å². The topological polar surface area (TPSA) is 59.1 Å². The molecule has 1 heterocycles. The van der Waals surface area contributed by atoms with E-state index in [2.05, 4.69) is 32.7 Å². The van der Waals surface area contributed by atoms with Gasteiger partial charge in [-0.3, -0.25) is 0 Å². The molecule has 0 amide bonds. The maximum Gasteiger partial charge on any atom is 0.229 e. The Morgan fingerprint density at radius 3 is 2.14 bits per heavy atom. The Morgan fingerprint density at radius 1 is 0.759 bits per heavy atom. The van der Waals surface area contributed by atoms with Gasteiger partial charge < -0.3 is 15.4 Å². The highest BCUT2D eigenvalue weighted by Crippen LogP contribution is 2.24. The molecule has 5 nitrogen and oxygen atoms in total. The van der Waals surface area contributed by atoms with Gasteiger partial charge in [0.15, 0.2) is 0 Å². The quantitative estimate of drug-likeness (QED) is 0.415. The summed E-state index contributed by atoms with van der Waals surface area (Å²) in [7, 11) is 0. The fourth-order valence-electron chi connectivity index (χ4n) is 2.86. The monoisotopic (exact) mass is 382 g/mol. The van der Waals surface area contributed by atoms with Crippen molar-refractivity contribution in [3.05, 3.63) is 102 Å². The first-order chi connectivity index (χ1) is 14.2. The molecule has 0 spiro atoms. The van der Waals surface area contributed by atoms with Crippen LogP contribution in [0, 0.1) is 6.92 Å². The number of nitrogens with zero attached hydrogens (tertiary/aromatic N) is 2. The number of benzene rings is 3. The van der Waals surface area contributed by atoms with Crippen LogP contribution in [0.4, 0.5) is 17.5 Å². The van der Waals surface area contributed by atoms with Crippen LogP contribution in [0.25, 0.3) is 0 Å². The molecule has 2 N–H and O–H groups in total. The van der Waals surface area contributed by atoms with Gasteiger partial charge in [0.05, 0.1) is 0 Å². The first-order valence-corrected chi connectivity index (χ1v) is 9.48. The van der Waals surface area contributed by atoms with Gasteiger partial charge in [-0.15, -0.1) is 0 Å². The second kappa shape index (κ2) is 8.89. The standard InChI is InChI=1S/C24H22N4O/c1-18-16-23(25-17-19-8-4-2-5-9-19)28-24(26-18)27-20-12-14-22(15-13-20)29-21-10-6-3-7-11-21/h2-16H,17H2,1H3,(H2,25,26,27,28). The van der Waals surface area contributed by atoms with Gasteiger partial charge in [0.25, 0.3) is 0 Å². The first-order valence-electron chi connectivity index (χ1n) is 9.48. The van der Waals surface area contributed by atoms with Gasteiger partial charge in [-0.25, -0.2) is 4.98 Å². The highest BCUT2D eigenvalue weighted by molar-refractivity contribution is 5.56. The van der Waals surface area contributed by atoms with Crippen molar-refractivity contribution in [2.45, 2.75) is 13.5 Å². The smallest absolute Gasteiger partial charge is 0.229 e. The third kappa shape index (κ3) is 5.32. The third-order valence-electron chi connectivity index (χ3n) is 4.26. The van der Waals surface area contributed by atoms with E-state index < -0.39 is 0 Å². The lowest BCUT2D eigenvalue weighted by Gasteiger charge is -2.11. The number of hydrogen-bond donors (Lipinski definition) is 2. The van der Waals surface area contributed by atoms with E-state index in [0.717, 1.165) is 28.7 Å². The molecule has 3 aromatic carbocycles. The lowest BCUT2D eigenvalue weighted by atomic mass is 10.2. The Kier molecular flexibility index (Phi) is 5.67. The molecule has 0 bridgehead atoms. The van der Waals surface area contributed by atoms with E-state index in [4.69, 9.17) is 4.74 Å². The molecule has 4 rings (SSSR count). The van der Waals surface area contributed by atoms with E-state index in [1.807, 2.05) is 85.8 Å². The molecule has 0 atom stereocenters. The summed E-state index contributed by atoms with van der Waals surface area (Å²) in [6.07, 6.45) is 0. The van der Waals surface area contributed by atoms with Crippen molar-refractivity contribution in [1.29, 1.82) is 0 Å². The van der Waals surface area contributed by atoms with Crippen molar-refractivity contribution in [2.75, 3.05) is 10.6 Å². The van der Waals surface area contributed by atoms with Crippen molar-refractivity contribution in [3.63, 3.8) is 0 Å². The summed E-state index contributed by atoms with van der Waals surface area (Å²) in [6.45, 7) is 2.67. The zero-order valence-electron chi connectivity index (χ0n) is 16.2. The van der Waals surface area contributed by atoms with Crippen molar-refractivity contribution in [3.8, 4) is 11.5 Å². The number of aryl methyl sites for hydroxylation is 1. The Morgan fingerprint density at radius 2 is 1.41 bits per heavy atom. The molecule has 0 aliphatic rings. The summed E-state index contributed by atoms with van der Waals surface area (Å²) in [5, 5.41) is 6.61. The Labute approximate surface area is 170 Å². The molecular weight excluding hydrogens is 360 g/mol. The molecular formula is C24H22N4O. The maximum absolute atomic E-state index is 5.83. The number of rotatable bonds is 7. The van der Waals surface area contributed by atoms with Crippen molar-refractivity contribution < 1.29 is 4.74 Å². The number of anilines is 3. The second-order valence-electron chi connectivity index (χ2n) is 6.62. The van der Waals surface area contributed by atoms with Gasteiger partial charge in [-0.2, -0.15) is 4.98 Å². The lowest BCUT2D eigenvalue weighted by Crippen LogP contribution is -2.05. The summed E-state index contributed by atoms with van der Waals surface area (Å²) in [4.78, 5) is 9.05. The van der Waals surface area contributed by atoms with Crippen LogP contribution in [0.3, 0.4) is 0 Å². The molecule has 0 fully saturated rings. The largest absolute Gasteiger partial charge is 0.457 e. The van der Waals surface area contributed by atoms with E-state index in [1.165, 1.54) is 5.56 Å². The number of aromatic nitrogens is 2. The second-order valence-corrected chi connectivity index (χ2v) is 6.62. The normalized spacial score (nSPS) is 10.4. The van der Waals surface area contributed by atoms with Crippen LogP contribution in [0.5, 0.6) is 11.5 Å². The molecule has 29 heavy (non-hydrogen) atoms. The SMILES string of the molecule is Cc1cc(NCc2ccccc2)nc(Nc2ccc(Oc3ccccc3)cc2)n1. The van der Waals surface area contributed by atoms with Crippen LogP contribution in [0.2, 0.25) is 0 Å². The molecule has 5 heteroatoms. The minimum atomic E-state index is 0.553. The number of hydrogen-bond acceptors (Lipinski definition) is 5. The van der Waals surface area contributed by atoms with Gasteiger partial charge in [-0.1, -0.05) is 48.5 Å². The van der Waals surface area contributed by atoms with Crippen LogP contribution in [-0.2, 0) is 6.54 Å². The number of nitrogens with one attached hydrogen (secondary N) is 2. The number of ether oxygens (including phenoxy) is 1. The van der Waals surface area contributed by atoms with Crippen LogP contribution in [-0.4, -0.2) is 9.97 Å². The zero-order chi connectivity index (χ0) is 19.9. The Bertz CT molecular complexity index is 1050. The minimum absolute atomic E-state index is 0.553. The first kappa shape index (κ1) is 18.5. The maximum atomic E-state index is 5.83. The third-order valence-corrected chi connectivity index (χ3v) is 4.26. The van der Waals surface area contributed by atoms with Crippen LogP contribution < -0.4 is 15.4 Å². The minimum Gasteiger partial charge on any atom is -0.457 e. The van der Waals surface area contributed by atoms with Crippen LogP contribution in [0.15, 0.2) is 91.0 Å². The Hall–Kier alpha value is -3.86. The summed E-state index contributed by atoms with van der Waals surface area (Å²) < 4.78 is 5.83. The molecule has 0 saturated carbocycles. The molecule has 1 aromatic heterocycles. The van der Waals surface area contributed by atoms with Crippen molar-refractivity contribution in [1.82, 2.24) is 9.97 Å². The highest BCUT2D eigenvalue weighted by atomic mass is 16.5. The van der Waals surface area contributed by atoms with E-state index in [0.29, 0.717) is 12.5 Å². The summed E-state index contributed by atoms with van der Waals surface area (Å²) in [5.74, 6) is 2.92. The molecule has 4 aromatic rings. The van der Waals surface area contributed by atoms with Gasteiger partial charge in [0.1, 0.15) is 17.3 Å². The number of para-hydroxylation sites is 1. The van der Waals surface area contributed by atoms with Crippen LogP contribution >= 0.6 is 0 Å².